The maximum Gasteiger partial charge on any atom is 0.332 e. The van der Waals surface area contributed by atoms with Crippen LogP contribution in [-0.2, 0) is 0 Å². The fourth-order valence-corrected chi connectivity index (χ4v) is 2.14. The molecule has 0 unspecified atom stereocenters. The normalized spacial score (nSPS) is 10.5. The molecule has 0 aromatic heterocycles. The van der Waals surface area contributed by atoms with Crippen LogP contribution in [-0.4, -0.2) is 37.0 Å². The fraction of sp³-hybridized carbons (Fsp3) is 0.222. The zero-order chi connectivity index (χ0) is 20.4. The highest BCUT2D eigenvalue weighted by molar-refractivity contribution is 5.82. The van der Waals surface area contributed by atoms with Crippen LogP contribution in [0.15, 0.2) is 47.6 Å². The molecule has 0 fully saturated rings. The first-order valence-corrected chi connectivity index (χ1v) is 8.35. The van der Waals surface area contributed by atoms with Crippen molar-refractivity contribution in [1.82, 2.24) is 5.43 Å². The number of carbonyl (C=O) groups is 1. The summed E-state index contributed by atoms with van der Waals surface area (Å²) >= 11 is 0. The summed E-state index contributed by atoms with van der Waals surface area (Å²) in [6.45, 7) is 2.77. The third-order valence-corrected chi connectivity index (χ3v) is 3.31. The molecule has 2 aromatic carbocycles. The van der Waals surface area contributed by atoms with E-state index in [0.717, 1.165) is 0 Å². The van der Waals surface area contributed by atoms with Crippen molar-refractivity contribution < 1.29 is 23.9 Å². The van der Waals surface area contributed by atoms with Crippen molar-refractivity contribution in [3.05, 3.63) is 58.1 Å². The lowest BCUT2D eigenvalue weighted by atomic mass is 10.2. The number of nitrogens with zero attached hydrogens (tertiary/aromatic N) is 2. The number of nitro benzene ring substituents is 1. The highest BCUT2D eigenvalue weighted by Gasteiger charge is 2.07. The minimum Gasteiger partial charge on any atom is -0.490 e. The number of nitrogens with one attached hydrogen (secondary N) is 1. The Morgan fingerprint density at radius 2 is 1.86 bits per heavy atom. The number of carbonyl (C=O) groups excluding carboxylic acids is 1. The van der Waals surface area contributed by atoms with Gasteiger partial charge in [-0.3, -0.25) is 10.1 Å². The maximum atomic E-state index is 10.6. The average molecular weight is 388 g/mol. The van der Waals surface area contributed by atoms with Gasteiger partial charge in [-0.1, -0.05) is 0 Å². The lowest BCUT2D eigenvalue weighted by molar-refractivity contribution is -0.384. The molecular weight excluding hydrogens is 368 g/mol. The molecule has 0 heterocycles. The Morgan fingerprint density at radius 1 is 1.14 bits per heavy atom. The van der Waals surface area contributed by atoms with E-state index in [4.69, 9.17) is 19.9 Å². The van der Waals surface area contributed by atoms with Gasteiger partial charge in [0.25, 0.3) is 5.69 Å². The molecule has 2 aromatic rings. The van der Waals surface area contributed by atoms with E-state index in [-0.39, 0.29) is 18.9 Å². The molecule has 10 nitrogen and oxygen atoms in total. The summed E-state index contributed by atoms with van der Waals surface area (Å²) in [5, 5.41) is 14.3. The van der Waals surface area contributed by atoms with Gasteiger partial charge in [0.15, 0.2) is 11.5 Å². The molecule has 0 spiro atoms. The largest absolute Gasteiger partial charge is 0.490 e. The van der Waals surface area contributed by atoms with Crippen LogP contribution in [0.5, 0.6) is 17.2 Å². The second-order valence-corrected chi connectivity index (χ2v) is 5.32. The number of hydrazone groups is 1. The van der Waals surface area contributed by atoms with E-state index in [1.165, 1.54) is 30.5 Å². The number of primary amides is 1. The summed E-state index contributed by atoms with van der Waals surface area (Å²) in [7, 11) is 0. The van der Waals surface area contributed by atoms with Gasteiger partial charge in [-0.05, 0) is 42.8 Å². The van der Waals surface area contributed by atoms with Gasteiger partial charge < -0.3 is 19.9 Å². The molecule has 0 atom stereocenters. The third kappa shape index (κ3) is 6.48. The number of hydrogen-bond donors (Lipinski definition) is 2. The Hall–Kier alpha value is -3.82. The molecule has 28 heavy (non-hydrogen) atoms. The topological polar surface area (TPSA) is 138 Å². The molecule has 0 saturated heterocycles. The van der Waals surface area contributed by atoms with Gasteiger partial charge in [-0.15, -0.1) is 0 Å². The van der Waals surface area contributed by atoms with Gasteiger partial charge in [0.05, 0.1) is 17.7 Å². The molecule has 0 aliphatic carbocycles. The number of benzene rings is 2. The van der Waals surface area contributed by atoms with Crippen molar-refractivity contribution in [2.24, 2.45) is 10.8 Å². The molecule has 0 aliphatic rings. The van der Waals surface area contributed by atoms with E-state index in [1.807, 2.05) is 6.92 Å². The minimum atomic E-state index is -0.755. The third-order valence-electron chi connectivity index (χ3n) is 3.31. The van der Waals surface area contributed by atoms with Crippen LogP contribution in [0.1, 0.15) is 12.5 Å². The zero-order valence-corrected chi connectivity index (χ0v) is 15.2. The highest BCUT2D eigenvalue weighted by atomic mass is 16.6. The van der Waals surface area contributed by atoms with Crippen LogP contribution >= 0.6 is 0 Å². The Morgan fingerprint density at radius 3 is 2.50 bits per heavy atom. The van der Waals surface area contributed by atoms with Crippen LogP contribution in [0.4, 0.5) is 10.5 Å². The molecule has 3 N–H and O–H groups in total. The van der Waals surface area contributed by atoms with Crippen molar-refractivity contribution in [1.29, 1.82) is 0 Å². The van der Waals surface area contributed by atoms with Crippen LogP contribution in [0, 0.1) is 10.1 Å². The van der Waals surface area contributed by atoms with Gasteiger partial charge in [-0.25, -0.2) is 10.2 Å². The molecule has 0 radical (unpaired) electrons. The molecule has 0 saturated carbocycles. The van der Waals surface area contributed by atoms with Gasteiger partial charge in [0.1, 0.15) is 19.0 Å². The van der Waals surface area contributed by atoms with Crippen molar-refractivity contribution in [3.63, 3.8) is 0 Å². The predicted octanol–water partition coefficient (Wildman–Crippen LogP) is 2.45. The maximum absolute atomic E-state index is 10.6. The van der Waals surface area contributed by atoms with E-state index in [9.17, 15) is 14.9 Å². The molecule has 0 bridgehead atoms. The predicted molar refractivity (Wildman–Crippen MR) is 102 cm³/mol. The summed E-state index contributed by atoms with van der Waals surface area (Å²) in [4.78, 5) is 20.8. The number of amides is 2. The molecular formula is C18H20N4O6. The van der Waals surface area contributed by atoms with Gasteiger partial charge >= 0.3 is 6.03 Å². The molecule has 2 amide bonds. The van der Waals surface area contributed by atoms with Crippen molar-refractivity contribution in [2.45, 2.75) is 6.92 Å². The average Bonchev–Trinajstić information content (AvgIpc) is 2.67. The number of nitro groups is 1. The number of ether oxygens (including phenoxy) is 3. The first kappa shape index (κ1) is 20.5. The number of rotatable bonds is 10. The second-order valence-electron chi connectivity index (χ2n) is 5.32. The SMILES string of the molecule is CCOc1cc(C=NNC(N)=O)ccc1OCCOc1ccc([N+](=O)[O-])cc1. The van der Waals surface area contributed by atoms with E-state index in [2.05, 4.69) is 10.5 Å². The zero-order valence-electron chi connectivity index (χ0n) is 15.2. The van der Waals surface area contributed by atoms with E-state index in [0.29, 0.717) is 29.4 Å². The Balaban J connectivity index is 1.90. The lowest BCUT2D eigenvalue weighted by Crippen LogP contribution is -2.24. The Bertz CT molecular complexity index is 838. The van der Waals surface area contributed by atoms with Crippen molar-refractivity contribution in [2.75, 3.05) is 19.8 Å². The van der Waals surface area contributed by atoms with Crippen LogP contribution < -0.4 is 25.4 Å². The number of non-ortho nitro benzene ring substituents is 1. The van der Waals surface area contributed by atoms with E-state index >= 15 is 0 Å². The first-order valence-electron chi connectivity index (χ1n) is 8.35. The molecule has 2 rings (SSSR count). The summed E-state index contributed by atoms with van der Waals surface area (Å²) in [6.07, 6.45) is 1.43. The van der Waals surface area contributed by atoms with Crippen molar-refractivity contribution >= 4 is 17.9 Å². The number of urea groups is 1. The van der Waals surface area contributed by atoms with E-state index in [1.54, 1.807) is 18.2 Å². The van der Waals surface area contributed by atoms with Crippen LogP contribution in [0.3, 0.4) is 0 Å². The van der Waals surface area contributed by atoms with Crippen molar-refractivity contribution in [3.8, 4) is 17.2 Å². The Labute approximate surface area is 161 Å². The quantitative estimate of drug-likeness (QED) is 0.277. The lowest BCUT2D eigenvalue weighted by Gasteiger charge is -2.13. The Kier molecular flexibility index (Phi) is 7.58. The minimum absolute atomic E-state index is 0.000357. The number of hydrogen-bond acceptors (Lipinski definition) is 7. The second kappa shape index (κ2) is 10.4. The fourth-order valence-electron chi connectivity index (χ4n) is 2.14. The highest BCUT2D eigenvalue weighted by Crippen LogP contribution is 2.28. The number of nitrogens with two attached hydrogens (primary N) is 1. The summed E-state index contributed by atoms with van der Waals surface area (Å²) < 4.78 is 16.7. The first-order chi connectivity index (χ1) is 13.5. The summed E-state index contributed by atoms with van der Waals surface area (Å²) in [5.74, 6) is 1.54. The molecule has 0 aliphatic heterocycles. The molecule has 148 valence electrons. The monoisotopic (exact) mass is 388 g/mol. The van der Waals surface area contributed by atoms with Crippen LogP contribution in [0.25, 0.3) is 0 Å². The standard InChI is InChI=1S/C18H20N4O6/c1-2-26-17-11-13(12-20-21-18(19)23)3-8-16(17)28-10-9-27-15-6-4-14(5-7-15)22(24)25/h3-8,11-12H,2,9-10H2,1H3,(H3,19,21,23). The van der Waals surface area contributed by atoms with E-state index < -0.39 is 11.0 Å². The summed E-state index contributed by atoms with van der Waals surface area (Å²) in [5.41, 5.74) is 7.73. The molecule has 10 heteroatoms. The summed E-state index contributed by atoms with van der Waals surface area (Å²) in [6, 6.07) is 10.2. The van der Waals surface area contributed by atoms with Gasteiger partial charge in [0, 0.05) is 12.1 Å². The smallest absolute Gasteiger partial charge is 0.332 e. The van der Waals surface area contributed by atoms with Gasteiger partial charge in [-0.2, -0.15) is 5.10 Å². The van der Waals surface area contributed by atoms with Gasteiger partial charge in [0.2, 0.25) is 0 Å². The van der Waals surface area contributed by atoms with Crippen LogP contribution in [0.2, 0.25) is 0 Å².